The van der Waals surface area contributed by atoms with Crippen molar-refractivity contribution in [2.75, 3.05) is 4.90 Å². The molecule has 1 unspecified atom stereocenters. The van der Waals surface area contributed by atoms with Gasteiger partial charge in [-0.1, -0.05) is 176 Å². The lowest BCUT2D eigenvalue weighted by Gasteiger charge is -2.29. The largest absolute Gasteiger partial charge is 0.310 e. The Kier molecular flexibility index (Phi) is 8.05. The van der Waals surface area contributed by atoms with E-state index in [9.17, 15) is 0 Å². The van der Waals surface area contributed by atoms with Crippen LogP contribution in [0.5, 0.6) is 0 Å². The summed E-state index contributed by atoms with van der Waals surface area (Å²) in [6.07, 6.45) is 0. The predicted molar refractivity (Wildman–Crippen MR) is 217 cm³/mol. The fraction of sp³-hybridized carbons (Fsp3) is 0.0196. The molecule has 244 valence electrons. The molecule has 0 fully saturated rings. The van der Waals surface area contributed by atoms with Gasteiger partial charge in [0, 0.05) is 22.6 Å². The van der Waals surface area contributed by atoms with Crippen LogP contribution in [-0.2, 0) is 5.41 Å². The molecule has 1 aliphatic rings. The van der Waals surface area contributed by atoms with Crippen molar-refractivity contribution in [2.45, 2.75) is 5.41 Å². The van der Waals surface area contributed by atoms with Crippen molar-refractivity contribution in [3.8, 4) is 45.2 Å². The molecule has 0 bridgehead atoms. The Balaban J connectivity index is 1.22. The van der Waals surface area contributed by atoms with Gasteiger partial charge < -0.3 is 4.90 Å². The van der Waals surface area contributed by atoms with Gasteiger partial charge in [0.1, 0.15) is 5.41 Å². The maximum absolute atomic E-state index is 3.83. The first-order valence-corrected chi connectivity index (χ1v) is 17.8. The molecule has 8 aromatic carbocycles. The van der Waals surface area contributed by atoms with Gasteiger partial charge in [-0.15, -0.1) is 0 Å². The van der Waals surface area contributed by atoms with E-state index < -0.39 is 5.41 Å². The van der Waals surface area contributed by atoms with Crippen molar-refractivity contribution in [1.82, 2.24) is 0 Å². The lowest BCUT2D eigenvalue weighted by Crippen LogP contribution is -2.25. The quantitative estimate of drug-likeness (QED) is 0.160. The molecule has 1 nitrogen and oxygen atoms in total. The number of fused-ring (bicyclic) bond motifs is 3. The molecule has 52 heavy (non-hydrogen) atoms. The lowest BCUT2D eigenvalue weighted by molar-refractivity contribution is 0.837. The van der Waals surface area contributed by atoms with Crippen LogP contribution < -0.4 is 4.90 Å². The fourth-order valence-corrected chi connectivity index (χ4v) is 7.62. The van der Waals surface area contributed by atoms with Crippen LogP contribution in [0.15, 0.2) is 212 Å². The first-order valence-electron chi connectivity index (χ1n) is 17.8. The highest BCUT2D eigenvalue weighted by atomic mass is 15.1. The van der Waals surface area contributed by atoms with Gasteiger partial charge in [-0.2, -0.15) is 0 Å². The zero-order chi connectivity index (χ0) is 34.7. The van der Waals surface area contributed by atoms with Crippen LogP contribution in [0.3, 0.4) is 0 Å². The molecular formula is C51H35N. The molecule has 1 atom stereocenters. The summed E-state index contributed by atoms with van der Waals surface area (Å²) < 4.78 is 0. The Bertz CT molecular complexity index is 2450. The number of hydrogen-bond donors (Lipinski definition) is 0. The summed E-state index contributed by atoms with van der Waals surface area (Å²) in [5, 5.41) is 0. The Morgan fingerprint density at radius 3 is 1.37 bits per heavy atom. The van der Waals surface area contributed by atoms with Crippen molar-refractivity contribution in [2.24, 2.45) is 0 Å². The van der Waals surface area contributed by atoms with E-state index in [1.807, 2.05) is 6.07 Å². The van der Waals surface area contributed by atoms with E-state index in [-0.39, 0.29) is 0 Å². The number of nitrogens with zero attached hydrogens (tertiary/aromatic N) is 1. The van der Waals surface area contributed by atoms with Gasteiger partial charge in [0.2, 0.25) is 0 Å². The van der Waals surface area contributed by atoms with Gasteiger partial charge in [-0.3, -0.25) is 0 Å². The summed E-state index contributed by atoms with van der Waals surface area (Å²) in [5.74, 6) is 7.41. The van der Waals surface area contributed by atoms with Crippen LogP contribution >= 0.6 is 0 Å². The predicted octanol–water partition coefficient (Wildman–Crippen LogP) is 12.9. The normalized spacial score (nSPS) is 14.1. The Labute approximate surface area is 306 Å². The van der Waals surface area contributed by atoms with Crippen LogP contribution in [0.25, 0.3) is 33.4 Å². The van der Waals surface area contributed by atoms with Crippen LogP contribution in [-0.4, -0.2) is 0 Å². The molecule has 1 heteroatoms. The van der Waals surface area contributed by atoms with E-state index in [0.29, 0.717) is 0 Å². The summed E-state index contributed by atoms with van der Waals surface area (Å²) in [7, 11) is 0. The second kappa shape index (κ2) is 13.4. The lowest BCUT2D eigenvalue weighted by atomic mass is 9.73. The van der Waals surface area contributed by atoms with Gasteiger partial charge in [0.15, 0.2) is 0 Å². The minimum absolute atomic E-state index is 0.624. The summed E-state index contributed by atoms with van der Waals surface area (Å²) in [4.78, 5) is 2.37. The van der Waals surface area contributed by atoms with Crippen molar-refractivity contribution in [1.29, 1.82) is 0 Å². The number of benzene rings is 8. The molecule has 0 aliphatic heterocycles. The van der Waals surface area contributed by atoms with E-state index in [1.54, 1.807) is 0 Å². The molecule has 0 heterocycles. The standard InChI is InChI=1S/C51H35N/c1-5-15-38(16-6-1)35-36-51(43-21-11-4-12-22-43)49-24-14-13-23-47(49)48-37-46(33-34-50(48)51)52(44-29-25-41(26-30-44)39-17-7-2-8-18-39)45-31-27-42(28-32-45)40-19-9-3-10-20-40/h1-34,37H. The summed E-state index contributed by atoms with van der Waals surface area (Å²) in [6.45, 7) is 0. The molecule has 1 aliphatic carbocycles. The Morgan fingerprint density at radius 2 is 0.788 bits per heavy atom. The van der Waals surface area contributed by atoms with Crippen LogP contribution in [0.4, 0.5) is 17.1 Å². The average Bonchev–Trinajstić information content (AvgIpc) is 3.52. The van der Waals surface area contributed by atoms with Crippen LogP contribution in [0.1, 0.15) is 22.3 Å². The van der Waals surface area contributed by atoms with E-state index in [4.69, 9.17) is 0 Å². The third-order valence-corrected chi connectivity index (χ3v) is 10.1. The highest BCUT2D eigenvalue weighted by molar-refractivity contribution is 5.90. The monoisotopic (exact) mass is 661 g/mol. The van der Waals surface area contributed by atoms with E-state index in [0.717, 1.165) is 22.6 Å². The van der Waals surface area contributed by atoms with E-state index in [1.165, 1.54) is 50.1 Å². The van der Waals surface area contributed by atoms with Crippen LogP contribution in [0, 0.1) is 11.8 Å². The van der Waals surface area contributed by atoms with E-state index >= 15 is 0 Å². The first kappa shape index (κ1) is 31.1. The summed E-state index contributed by atoms with van der Waals surface area (Å²) >= 11 is 0. The van der Waals surface area contributed by atoms with Gasteiger partial charge in [0.25, 0.3) is 0 Å². The maximum Gasteiger partial charge on any atom is 0.108 e. The molecule has 9 rings (SSSR count). The number of hydrogen-bond acceptors (Lipinski definition) is 1. The Morgan fingerprint density at radius 1 is 0.346 bits per heavy atom. The number of anilines is 3. The fourth-order valence-electron chi connectivity index (χ4n) is 7.62. The zero-order valence-electron chi connectivity index (χ0n) is 28.7. The average molecular weight is 662 g/mol. The van der Waals surface area contributed by atoms with Crippen LogP contribution in [0.2, 0.25) is 0 Å². The van der Waals surface area contributed by atoms with E-state index in [2.05, 4.69) is 223 Å². The second-order valence-corrected chi connectivity index (χ2v) is 13.2. The second-order valence-electron chi connectivity index (χ2n) is 13.2. The number of rotatable bonds is 6. The molecule has 0 amide bonds. The highest BCUT2D eigenvalue weighted by Crippen LogP contribution is 2.54. The van der Waals surface area contributed by atoms with Gasteiger partial charge in [-0.25, -0.2) is 0 Å². The third kappa shape index (κ3) is 5.58. The van der Waals surface area contributed by atoms with Crippen molar-refractivity contribution >= 4 is 17.1 Å². The summed E-state index contributed by atoms with van der Waals surface area (Å²) in [5.41, 5.74) is 14.4. The first-order chi connectivity index (χ1) is 25.8. The molecular weight excluding hydrogens is 627 g/mol. The molecule has 0 aromatic heterocycles. The van der Waals surface area contributed by atoms with Gasteiger partial charge >= 0.3 is 0 Å². The third-order valence-electron chi connectivity index (χ3n) is 10.1. The minimum Gasteiger partial charge on any atom is -0.310 e. The minimum atomic E-state index is -0.624. The topological polar surface area (TPSA) is 3.24 Å². The Hall–Kier alpha value is -6.88. The van der Waals surface area contributed by atoms with Crippen molar-refractivity contribution < 1.29 is 0 Å². The smallest absolute Gasteiger partial charge is 0.108 e. The maximum atomic E-state index is 3.83. The SMILES string of the molecule is C(#CC1(c2ccccc2)c2ccccc2-c2cc(N(c3ccc(-c4ccccc4)cc3)c3ccc(-c4ccccc4)cc3)ccc21)c1ccccc1. The van der Waals surface area contributed by atoms with Crippen molar-refractivity contribution in [3.05, 3.63) is 235 Å². The molecule has 0 radical (unpaired) electrons. The summed E-state index contributed by atoms with van der Waals surface area (Å²) in [6, 6.07) is 75.7. The molecule has 0 spiro atoms. The molecule has 0 saturated carbocycles. The highest BCUT2D eigenvalue weighted by Gasteiger charge is 2.43. The molecule has 0 N–H and O–H groups in total. The molecule has 8 aromatic rings. The van der Waals surface area contributed by atoms with Gasteiger partial charge in [-0.05, 0) is 98.6 Å². The van der Waals surface area contributed by atoms with Gasteiger partial charge in [0.05, 0.1) is 0 Å². The zero-order valence-corrected chi connectivity index (χ0v) is 28.7. The molecule has 0 saturated heterocycles. The van der Waals surface area contributed by atoms with Crippen molar-refractivity contribution in [3.63, 3.8) is 0 Å².